The lowest BCUT2D eigenvalue weighted by molar-refractivity contribution is 0.451. The van der Waals surface area contributed by atoms with Crippen LogP contribution in [0.5, 0.6) is 0 Å². The summed E-state index contributed by atoms with van der Waals surface area (Å²) in [4.78, 5) is 0. The Labute approximate surface area is 120 Å². The predicted molar refractivity (Wildman–Crippen MR) is 72.7 cm³/mol. The van der Waals surface area contributed by atoms with E-state index in [0.717, 1.165) is 11.4 Å². The lowest BCUT2D eigenvalue weighted by atomic mass is 10.0. The molecule has 0 bridgehead atoms. The molecule has 2 aromatic rings. The van der Waals surface area contributed by atoms with Crippen LogP contribution in [0.15, 0.2) is 18.2 Å². The Hall–Kier alpha value is -1.86. The third kappa shape index (κ3) is 3.25. The molecular weight excluding hydrogens is 281 g/mol. The van der Waals surface area contributed by atoms with Crippen LogP contribution in [-0.4, -0.2) is 9.78 Å². The lowest BCUT2D eigenvalue weighted by Crippen LogP contribution is -2.31. The molecule has 7 heteroatoms. The molecule has 1 unspecified atom stereocenters. The molecule has 21 heavy (non-hydrogen) atoms. The van der Waals surface area contributed by atoms with Crippen molar-refractivity contribution in [3.8, 4) is 0 Å². The normalized spacial score (nSPS) is 12.7. The van der Waals surface area contributed by atoms with Crippen LogP contribution in [-0.2, 0) is 13.0 Å². The third-order valence-electron chi connectivity index (χ3n) is 3.29. The first-order valence-electron chi connectivity index (χ1n) is 6.60. The highest BCUT2D eigenvalue weighted by Gasteiger charge is 2.22. The van der Waals surface area contributed by atoms with E-state index in [1.54, 1.807) is 4.68 Å². The van der Waals surface area contributed by atoms with E-state index in [4.69, 9.17) is 5.84 Å². The second-order valence-corrected chi connectivity index (χ2v) is 4.80. The molecule has 3 N–H and O–H groups in total. The van der Waals surface area contributed by atoms with Gasteiger partial charge in [-0.2, -0.15) is 5.10 Å². The highest BCUT2D eigenvalue weighted by Crippen LogP contribution is 2.25. The minimum Gasteiger partial charge on any atom is -0.271 e. The van der Waals surface area contributed by atoms with Gasteiger partial charge < -0.3 is 0 Å². The van der Waals surface area contributed by atoms with Crippen molar-refractivity contribution in [2.75, 3.05) is 0 Å². The van der Waals surface area contributed by atoms with Crippen molar-refractivity contribution < 1.29 is 13.2 Å². The van der Waals surface area contributed by atoms with Crippen LogP contribution in [0.2, 0.25) is 0 Å². The summed E-state index contributed by atoms with van der Waals surface area (Å²) in [6.07, 6.45) is 0.241. The number of nitrogens with two attached hydrogens (primary N) is 1. The molecule has 1 heterocycles. The van der Waals surface area contributed by atoms with Crippen molar-refractivity contribution in [2.24, 2.45) is 5.84 Å². The fraction of sp³-hybridized carbons (Fsp3) is 0.357. The second-order valence-electron chi connectivity index (χ2n) is 4.80. The van der Waals surface area contributed by atoms with Crippen molar-refractivity contribution in [1.29, 1.82) is 0 Å². The molecule has 0 spiro atoms. The largest absolute Gasteiger partial charge is 0.271 e. The van der Waals surface area contributed by atoms with Gasteiger partial charge in [-0.3, -0.25) is 16.0 Å². The van der Waals surface area contributed by atoms with E-state index < -0.39 is 23.5 Å². The fourth-order valence-corrected chi connectivity index (χ4v) is 2.38. The zero-order valence-electron chi connectivity index (χ0n) is 11.8. The number of halogens is 3. The summed E-state index contributed by atoms with van der Waals surface area (Å²) in [6, 6.07) is 2.30. The van der Waals surface area contributed by atoms with Crippen molar-refractivity contribution in [2.45, 2.75) is 32.9 Å². The van der Waals surface area contributed by atoms with Gasteiger partial charge in [0.25, 0.3) is 0 Å². The molecule has 0 aliphatic heterocycles. The number of rotatable bonds is 5. The molecule has 0 aliphatic rings. The minimum absolute atomic E-state index is 0.241. The van der Waals surface area contributed by atoms with Crippen LogP contribution in [0.1, 0.15) is 29.9 Å². The van der Waals surface area contributed by atoms with Crippen LogP contribution in [0.4, 0.5) is 13.2 Å². The maximum atomic E-state index is 13.8. The summed E-state index contributed by atoms with van der Waals surface area (Å²) in [5.74, 6) is 2.53. The number of hydrogen-bond acceptors (Lipinski definition) is 3. The molecule has 0 fully saturated rings. The fourth-order valence-electron chi connectivity index (χ4n) is 2.38. The van der Waals surface area contributed by atoms with Crippen LogP contribution in [0.25, 0.3) is 0 Å². The summed E-state index contributed by atoms with van der Waals surface area (Å²) in [6.45, 7) is 4.38. The average molecular weight is 298 g/mol. The Kier molecular flexibility index (Phi) is 4.64. The number of nitrogens with zero attached hydrogens (tertiary/aromatic N) is 2. The van der Waals surface area contributed by atoms with E-state index in [-0.39, 0.29) is 12.0 Å². The summed E-state index contributed by atoms with van der Waals surface area (Å²) >= 11 is 0. The topological polar surface area (TPSA) is 55.9 Å². The first-order chi connectivity index (χ1) is 9.96. The first-order valence-corrected chi connectivity index (χ1v) is 6.60. The summed E-state index contributed by atoms with van der Waals surface area (Å²) in [7, 11) is 0. The molecule has 0 saturated heterocycles. The van der Waals surface area contributed by atoms with Gasteiger partial charge >= 0.3 is 0 Å². The van der Waals surface area contributed by atoms with E-state index >= 15 is 0 Å². The molecule has 1 aromatic carbocycles. The monoisotopic (exact) mass is 298 g/mol. The van der Waals surface area contributed by atoms with Gasteiger partial charge in [-0.1, -0.05) is 0 Å². The Morgan fingerprint density at radius 3 is 2.38 bits per heavy atom. The van der Waals surface area contributed by atoms with Gasteiger partial charge in [0.1, 0.15) is 17.5 Å². The highest BCUT2D eigenvalue weighted by atomic mass is 19.1. The zero-order valence-corrected chi connectivity index (χ0v) is 11.8. The number of benzene rings is 1. The zero-order chi connectivity index (χ0) is 15.6. The second kappa shape index (κ2) is 6.28. The van der Waals surface area contributed by atoms with Crippen LogP contribution >= 0.6 is 0 Å². The molecule has 4 nitrogen and oxygen atoms in total. The molecule has 1 aromatic heterocycles. The van der Waals surface area contributed by atoms with Gasteiger partial charge in [-0.25, -0.2) is 13.2 Å². The highest BCUT2D eigenvalue weighted by molar-refractivity contribution is 5.26. The number of nitrogens with one attached hydrogen (secondary N) is 1. The third-order valence-corrected chi connectivity index (χ3v) is 3.29. The Bertz CT molecular complexity index is 616. The summed E-state index contributed by atoms with van der Waals surface area (Å²) in [5, 5.41) is 4.27. The SMILES string of the molecule is CCn1nc(C)cc1CC(NN)c1c(F)cc(F)cc1F. The Balaban J connectivity index is 2.36. The quantitative estimate of drug-likeness (QED) is 0.658. The molecular formula is C14H17F3N4. The molecule has 0 amide bonds. The van der Waals surface area contributed by atoms with Gasteiger partial charge in [0.15, 0.2) is 0 Å². The number of hydrazine groups is 1. The molecule has 0 saturated carbocycles. The molecule has 1 atom stereocenters. The first kappa shape index (κ1) is 15.5. The lowest BCUT2D eigenvalue weighted by Gasteiger charge is -2.18. The molecule has 0 aliphatic carbocycles. The van der Waals surface area contributed by atoms with Crippen LogP contribution in [0.3, 0.4) is 0 Å². The van der Waals surface area contributed by atoms with E-state index in [2.05, 4.69) is 10.5 Å². The molecule has 2 rings (SSSR count). The minimum atomic E-state index is -0.963. The van der Waals surface area contributed by atoms with Crippen molar-refractivity contribution in [3.05, 3.63) is 52.6 Å². The summed E-state index contributed by atoms with van der Waals surface area (Å²) < 4.78 is 42.4. The predicted octanol–water partition coefficient (Wildman–Crippen LogP) is 2.38. The number of aromatic nitrogens is 2. The molecule has 114 valence electrons. The summed E-state index contributed by atoms with van der Waals surface area (Å²) in [5.41, 5.74) is 3.71. The van der Waals surface area contributed by atoms with E-state index in [1.807, 2.05) is 19.9 Å². The van der Waals surface area contributed by atoms with Crippen LogP contribution < -0.4 is 11.3 Å². The van der Waals surface area contributed by atoms with Gasteiger partial charge in [-0.15, -0.1) is 0 Å². The van der Waals surface area contributed by atoms with Crippen molar-refractivity contribution in [3.63, 3.8) is 0 Å². The maximum Gasteiger partial charge on any atom is 0.133 e. The van der Waals surface area contributed by atoms with Crippen molar-refractivity contribution >= 4 is 0 Å². The Morgan fingerprint density at radius 2 is 1.86 bits per heavy atom. The average Bonchev–Trinajstić information content (AvgIpc) is 2.76. The Morgan fingerprint density at radius 1 is 1.24 bits per heavy atom. The maximum absolute atomic E-state index is 13.8. The van der Waals surface area contributed by atoms with Crippen LogP contribution in [0, 0.1) is 24.4 Å². The van der Waals surface area contributed by atoms with Gasteiger partial charge in [0.2, 0.25) is 0 Å². The van der Waals surface area contributed by atoms with Crippen molar-refractivity contribution in [1.82, 2.24) is 15.2 Å². The number of hydrogen-bond donors (Lipinski definition) is 2. The van der Waals surface area contributed by atoms with E-state index in [1.165, 1.54) is 0 Å². The standard InChI is InChI=1S/C14H17F3N4/c1-3-21-10(4-8(2)20-21)7-13(19-18)14-11(16)5-9(15)6-12(14)17/h4-6,13,19H,3,7,18H2,1-2H3. The van der Waals surface area contributed by atoms with E-state index in [0.29, 0.717) is 18.7 Å². The molecule has 0 radical (unpaired) electrons. The van der Waals surface area contributed by atoms with Gasteiger partial charge in [0.05, 0.1) is 11.7 Å². The number of aryl methyl sites for hydroxylation is 2. The van der Waals surface area contributed by atoms with E-state index in [9.17, 15) is 13.2 Å². The van der Waals surface area contributed by atoms with Gasteiger partial charge in [0, 0.05) is 36.4 Å². The smallest absolute Gasteiger partial charge is 0.133 e. The van der Waals surface area contributed by atoms with Gasteiger partial charge in [-0.05, 0) is 19.9 Å².